The van der Waals surface area contributed by atoms with Gasteiger partial charge in [0.15, 0.2) is 0 Å². The number of rotatable bonds is 6. The lowest BCUT2D eigenvalue weighted by atomic mass is 10.2. The van der Waals surface area contributed by atoms with Crippen LogP contribution in [0.5, 0.6) is 0 Å². The largest absolute Gasteiger partial charge is 0.396 e. The van der Waals surface area contributed by atoms with Crippen molar-refractivity contribution in [2.75, 3.05) is 13.2 Å². The normalized spacial score (nSPS) is 14.9. The van der Waals surface area contributed by atoms with Crippen LogP contribution >= 0.6 is 22.6 Å². The number of aliphatic hydroxyl groups is 1. The zero-order valence-corrected chi connectivity index (χ0v) is 11.8. The SMILES string of the molecule is O=C(c1cc(I)c[nH]1)N(CCCCO)C1CC1. The standard InChI is InChI=1S/C12H17IN2O2/c13-9-7-11(14-8-9)12(17)15(10-3-4-10)5-1-2-6-16/h7-8,10,14,16H,1-6H2. The number of unbranched alkanes of at least 4 members (excludes halogenated alkanes) is 1. The van der Waals surface area contributed by atoms with Crippen molar-refractivity contribution in [2.45, 2.75) is 31.7 Å². The van der Waals surface area contributed by atoms with E-state index in [1.807, 2.05) is 17.2 Å². The third-order valence-electron chi connectivity index (χ3n) is 2.93. The van der Waals surface area contributed by atoms with E-state index >= 15 is 0 Å². The van der Waals surface area contributed by atoms with Crippen LogP contribution in [0.2, 0.25) is 0 Å². The highest BCUT2D eigenvalue weighted by Crippen LogP contribution is 2.28. The van der Waals surface area contributed by atoms with Gasteiger partial charge in [-0.15, -0.1) is 0 Å². The fourth-order valence-electron chi connectivity index (χ4n) is 1.88. The number of hydrogen-bond donors (Lipinski definition) is 2. The van der Waals surface area contributed by atoms with Crippen LogP contribution in [0.15, 0.2) is 12.3 Å². The van der Waals surface area contributed by atoms with E-state index in [1.54, 1.807) is 0 Å². The van der Waals surface area contributed by atoms with Crippen LogP contribution < -0.4 is 0 Å². The van der Waals surface area contributed by atoms with Crippen molar-refractivity contribution >= 4 is 28.5 Å². The molecule has 0 bridgehead atoms. The van der Waals surface area contributed by atoms with Gasteiger partial charge in [-0.2, -0.15) is 0 Å². The van der Waals surface area contributed by atoms with Gasteiger partial charge in [-0.25, -0.2) is 0 Å². The molecule has 17 heavy (non-hydrogen) atoms. The van der Waals surface area contributed by atoms with E-state index in [9.17, 15) is 4.79 Å². The fourth-order valence-corrected chi connectivity index (χ4v) is 2.34. The smallest absolute Gasteiger partial charge is 0.270 e. The second-order valence-corrected chi connectivity index (χ2v) is 5.64. The molecule has 1 amide bonds. The Hall–Kier alpha value is -0.560. The number of nitrogens with one attached hydrogen (secondary N) is 1. The van der Waals surface area contributed by atoms with Gasteiger partial charge >= 0.3 is 0 Å². The van der Waals surface area contributed by atoms with Crippen LogP contribution in [-0.2, 0) is 0 Å². The molecule has 1 fully saturated rings. The number of halogens is 1. The summed E-state index contributed by atoms with van der Waals surface area (Å²) in [5.41, 5.74) is 0.672. The molecule has 2 rings (SSSR count). The van der Waals surface area contributed by atoms with E-state index < -0.39 is 0 Å². The molecule has 1 saturated carbocycles. The second-order valence-electron chi connectivity index (χ2n) is 4.39. The molecule has 5 heteroatoms. The molecular formula is C12H17IN2O2. The summed E-state index contributed by atoms with van der Waals surface area (Å²) in [4.78, 5) is 17.2. The van der Waals surface area contributed by atoms with E-state index in [0.717, 1.165) is 35.8 Å². The molecule has 94 valence electrons. The average molecular weight is 348 g/mol. The molecule has 1 aliphatic rings. The molecule has 1 aromatic heterocycles. The third kappa shape index (κ3) is 3.45. The fraction of sp³-hybridized carbons (Fsp3) is 0.583. The average Bonchev–Trinajstić information content (AvgIpc) is 3.06. The van der Waals surface area contributed by atoms with Crippen molar-refractivity contribution in [2.24, 2.45) is 0 Å². The number of aromatic nitrogens is 1. The molecule has 4 nitrogen and oxygen atoms in total. The molecule has 2 N–H and O–H groups in total. The highest BCUT2D eigenvalue weighted by atomic mass is 127. The molecule has 1 aromatic rings. The third-order valence-corrected chi connectivity index (χ3v) is 3.56. The molecule has 0 saturated heterocycles. The van der Waals surface area contributed by atoms with Crippen LogP contribution in [0.25, 0.3) is 0 Å². The molecular weight excluding hydrogens is 331 g/mol. The minimum absolute atomic E-state index is 0.0911. The first-order valence-electron chi connectivity index (χ1n) is 5.98. The lowest BCUT2D eigenvalue weighted by molar-refractivity contribution is 0.0731. The van der Waals surface area contributed by atoms with Crippen molar-refractivity contribution in [3.63, 3.8) is 0 Å². The highest BCUT2D eigenvalue weighted by molar-refractivity contribution is 14.1. The Kier molecular flexibility index (Phi) is 4.44. The van der Waals surface area contributed by atoms with Gasteiger partial charge in [0.05, 0.1) is 0 Å². The number of aromatic amines is 1. The Labute approximate surface area is 115 Å². The second kappa shape index (κ2) is 5.86. The molecule has 1 aliphatic carbocycles. The van der Waals surface area contributed by atoms with Crippen molar-refractivity contribution < 1.29 is 9.90 Å². The van der Waals surface area contributed by atoms with E-state index in [0.29, 0.717) is 11.7 Å². The number of carbonyl (C=O) groups excluding carboxylic acids is 1. The molecule has 1 heterocycles. The summed E-state index contributed by atoms with van der Waals surface area (Å²) in [6.45, 7) is 0.951. The first-order chi connectivity index (χ1) is 8.22. The zero-order chi connectivity index (χ0) is 12.3. The summed E-state index contributed by atoms with van der Waals surface area (Å²) in [6.07, 6.45) is 5.70. The summed E-state index contributed by atoms with van der Waals surface area (Å²) in [7, 11) is 0. The van der Waals surface area contributed by atoms with Gasteiger partial charge < -0.3 is 15.0 Å². The lowest BCUT2D eigenvalue weighted by Crippen LogP contribution is -2.34. The Morgan fingerprint density at radius 2 is 2.29 bits per heavy atom. The van der Waals surface area contributed by atoms with Crippen LogP contribution in [0.3, 0.4) is 0 Å². The van der Waals surface area contributed by atoms with Crippen LogP contribution in [0, 0.1) is 3.57 Å². The van der Waals surface area contributed by atoms with Gasteiger partial charge in [-0.05, 0) is 54.3 Å². The molecule has 0 unspecified atom stereocenters. The molecule has 0 radical (unpaired) electrons. The summed E-state index contributed by atoms with van der Waals surface area (Å²) in [6, 6.07) is 2.30. The van der Waals surface area contributed by atoms with Crippen LogP contribution in [0.4, 0.5) is 0 Å². The number of aliphatic hydroxyl groups excluding tert-OH is 1. The van der Waals surface area contributed by atoms with Gasteiger partial charge in [0.1, 0.15) is 5.69 Å². The maximum atomic E-state index is 12.3. The number of amides is 1. The molecule has 0 atom stereocenters. The van der Waals surface area contributed by atoms with Crippen molar-refractivity contribution in [3.8, 4) is 0 Å². The summed E-state index contributed by atoms with van der Waals surface area (Å²) in [5.74, 6) is 0.0911. The van der Waals surface area contributed by atoms with Gasteiger partial charge in [0.2, 0.25) is 0 Å². The van der Waals surface area contributed by atoms with E-state index in [-0.39, 0.29) is 12.5 Å². The monoisotopic (exact) mass is 348 g/mol. The van der Waals surface area contributed by atoms with Gasteiger partial charge in [-0.3, -0.25) is 4.79 Å². The Morgan fingerprint density at radius 1 is 1.53 bits per heavy atom. The summed E-state index contributed by atoms with van der Waals surface area (Å²) >= 11 is 2.19. The first kappa shape index (κ1) is 12.9. The van der Waals surface area contributed by atoms with E-state index in [2.05, 4.69) is 27.6 Å². The number of H-pyrrole nitrogens is 1. The van der Waals surface area contributed by atoms with E-state index in [1.165, 1.54) is 0 Å². The van der Waals surface area contributed by atoms with Crippen LogP contribution in [0.1, 0.15) is 36.2 Å². The number of carbonyl (C=O) groups is 1. The highest BCUT2D eigenvalue weighted by Gasteiger charge is 2.32. The number of hydrogen-bond acceptors (Lipinski definition) is 2. The van der Waals surface area contributed by atoms with Gasteiger partial charge in [0.25, 0.3) is 5.91 Å². The zero-order valence-electron chi connectivity index (χ0n) is 9.66. The molecule has 0 aromatic carbocycles. The Bertz CT molecular complexity index is 388. The van der Waals surface area contributed by atoms with Gasteiger partial charge in [-0.1, -0.05) is 0 Å². The predicted molar refractivity (Wildman–Crippen MR) is 73.9 cm³/mol. The summed E-state index contributed by atoms with van der Waals surface area (Å²) in [5, 5.41) is 8.78. The maximum Gasteiger partial charge on any atom is 0.270 e. The maximum absolute atomic E-state index is 12.3. The topological polar surface area (TPSA) is 56.3 Å². The Morgan fingerprint density at radius 3 is 2.82 bits per heavy atom. The van der Waals surface area contributed by atoms with Crippen molar-refractivity contribution in [3.05, 3.63) is 21.5 Å². The van der Waals surface area contributed by atoms with Crippen molar-refractivity contribution in [1.82, 2.24) is 9.88 Å². The quantitative estimate of drug-likeness (QED) is 0.610. The van der Waals surface area contributed by atoms with Crippen molar-refractivity contribution in [1.29, 1.82) is 0 Å². The first-order valence-corrected chi connectivity index (χ1v) is 7.06. The predicted octanol–water partition coefficient (Wildman–Crippen LogP) is 2.00. The minimum atomic E-state index is 0.0911. The molecule has 0 spiro atoms. The Balaban J connectivity index is 1.97. The number of nitrogens with zero attached hydrogens (tertiary/aromatic N) is 1. The van der Waals surface area contributed by atoms with E-state index in [4.69, 9.17) is 5.11 Å². The molecule has 0 aliphatic heterocycles. The van der Waals surface area contributed by atoms with Crippen LogP contribution in [-0.4, -0.2) is 40.1 Å². The minimum Gasteiger partial charge on any atom is -0.396 e. The lowest BCUT2D eigenvalue weighted by Gasteiger charge is -2.21. The van der Waals surface area contributed by atoms with Gasteiger partial charge in [0, 0.05) is 29.0 Å². The summed E-state index contributed by atoms with van der Waals surface area (Å²) < 4.78 is 1.05.